The van der Waals surface area contributed by atoms with Crippen LogP contribution in [0.2, 0.25) is 5.02 Å². The summed E-state index contributed by atoms with van der Waals surface area (Å²) in [5.74, 6) is 1.09. The van der Waals surface area contributed by atoms with Crippen LogP contribution < -0.4 is 5.32 Å². The van der Waals surface area contributed by atoms with E-state index in [1.165, 1.54) is 18.4 Å². The predicted molar refractivity (Wildman–Crippen MR) is 66.0 cm³/mol. The third kappa shape index (κ3) is 2.72. The Kier molecular flexibility index (Phi) is 3.27. The maximum atomic E-state index is 5.95. The van der Waals surface area contributed by atoms with Gasteiger partial charge in [0.25, 0.3) is 0 Å². The highest BCUT2D eigenvalue weighted by Gasteiger charge is 2.06. The van der Waals surface area contributed by atoms with Crippen LogP contribution in [0.3, 0.4) is 0 Å². The van der Waals surface area contributed by atoms with Crippen LogP contribution in [0.15, 0.2) is 23.2 Å². The molecule has 80 valence electrons. The molecular formula is C12H15ClN2. The van der Waals surface area contributed by atoms with Gasteiger partial charge in [0.1, 0.15) is 5.84 Å². The fraction of sp³-hybridized carbons (Fsp3) is 0.417. The Morgan fingerprint density at radius 2 is 2.20 bits per heavy atom. The third-order valence-corrected chi connectivity index (χ3v) is 2.84. The van der Waals surface area contributed by atoms with Crippen molar-refractivity contribution in [3.63, 3.8) is 0 Å². The van der Waals surface area contributed by atoms with Gasteiger partial charge in [-0.05, 0) is 37.5 Å². The topological polar surface area (TPSA) is 24.4 Å². The van der Waals surface area contributed by atoms with Gasteiger partial charge in [0.05, 0.1) is 0 Å². The van der Waals surface area contributed by atoms with Crippen LogP contribution in [0, 0.1) is 6.92 Å². The van der Waals surface area contributed by atoms with E-state index in [1.807, 2.05) is 18.2 Å². The number of aryl methyl sites for hydroxylation is 1. The summed E-state index contributed by atoms with van der Waals surface area (Å²) in [4.78, 5) is 4.46. The molecule has 0 bridgehead atoms. The first-order valence-electron chi connectivity index (χ1n) is 5.32. The first kappa shape index (κ1) is 10.5. The molecular weight excluding hydrogens is 208 g/mol. The summed E-state index contributed by atoms with van der Waals surface area (Å²) in [6.45, 7) is 3.02. The number of nitrogens with zero attached hydrogens (tertiary/aromatic N) is 1. The third-order valence-electron chi connectivity index (χ3n) is 2.60. The van der Waals surface area contributed by atoms with E-state index >= 15 is 0 Å². The van der Waals surface area contributed by atoms with Crippen molar-refractivity contribution in [2.75, 3.05) is 11.9 Å². The largest absolute Gasteiger partial charge is 0.344 e. The molecule has 0 unspecified atom stereocenters. The van der Waals surface area contributed by atoms with Gasteiger partial charge >= 0.3 is 0 Å². The molecule has 0 aromatic heterocycles. The molecule has 0 amide bonds. The number of halogens is 1. The minimum atomic E-state index is 0.763. The maximum absolute atomic E-state index is 5.95. The van der Waals surface area contributed by atoms with Gasteiger partial charge in [-0.3, -0.25) is 4.99 Å². The van der Waals surface area contributed by atoms with E-state index in [9.17, 15) is 0 Å². The van der Waals surface area contributed by atoms with Crippen LogP contribution >= 0.6 is 11.6 Å². The molecule has 2 nitrogen and oxygen atoms in total. The van der Waals surface area contributed by atoms with E-state index < -0.39 is 0 Å². The molecule has 0 spiro atoms. The highest BCUT2D eigenvalue weighted by atomic mass is 35.5. The molecule has 0 saturated heterocycles. The molecule has 1 aliphatic heterocycles. The minimum absolute atomic E-state index is 0.763. The lowest BCUT2D eigenvalue weighted by Crippen LogP contribution is -2.16. The van der Waals surface area contributed by atoms with Gasteiger partial charge in [-0.2, -0.15) is 0 Å². The number of amidine groups is 1. The molecule has 15 heavy (non-hydrogen) atoms. The summed E-state index contributed by atoms with van der Waals surface area (Å²) in [7, 11) is 0. The van der Waals surface area contributed by atoms with Crippen LogP contribution in [-0.2, 0) is 0 Å². The van der Waals surface area contributed by atoms with Crippen molar-refractivity contribution in [3.8, 4) is 0 Å². The summed E-state index contributed by atoms with van der Waals surface area (Å²) >= 11 is 5.95. The van der Waals surface area contributed by atoms with Gasteiger partial charge in [0, 0.05) is 23.7 Å². The fourth-order valence-electron chi connectivity index (χ4n) is 1.68. The molecule has 1 heterocycles. The van der Waals surface area contributed by atoms with E-state index in [-0.39, 0.29) is 0 Å². The first-order chi connectivity index (χ1) is 7.25. The van der Waals surface area contributed by atoms with E-state index in [0.717, 1.165) is 29.5 Å². The number of nitrogens with one attached hydrogen (secondary N) is 1. The lowest BCUT2D eigenvalue weighted by molar-refractivity contribution is 0.737. The second-order valence-corrected chi connectivity index (χ2v) is 4.31. The van der Waals surface area contributed by atoms with Gasteiger partial charge in [0.2, 0.25) is 0 Å². The quantitative estimate of drug-likeness (QED) is 0.771. The highest BCUT2D eigenvalue weighted by molar-refractivity contribution is 6.31. The fourth-order valence-corrected chi connectivity index (χ4v) is 1.86. The Bertz CT molecular complexity index is 385. The summed E-state index contributed by atoms with van der Waals surface area (Å²) < 4.78 is 0. The zero-order chi connectivity index (χ0) is 10.7. The molecule has 1 aliphatic rings. The Hall–Kier alpha value is -1.02. The normalized spacial score (nSPS) is 16.0. The summed E-state index contributed by atoms with van der Waals surface area (Å²) in [5.41, 5.74) is 2.27. The van der Waals surface area contributed by atoms with E-state index in [0.29, 0.717) is 0 Å². The number of benzene rings is 1. The molecule has 1 aromatic rings. The molecule has 0 aliphatic carbocycles. The van der Waals surface area contributed by atoms with E-state index in [2.05, 4.69) is 17.2 Å². The monoisotopic (exact) mass is 222 g/mol. The lowest BCUT2D eigenvalue weighted by Gasteiger charge is -2.15. The van der Waals surface area contributed by atoms with Crippen LogP contribution in [0.5, 0.6) is 0 Å². The zero-order valence-corrected chi connectivity index (χ0v) is 9.64. The van der Waals surface area contributed by atoms with E-state index in [1.54, 1.807) is 0 Å². The van der Waals surface area contributed by atoms with Crippen LogP contribution in [-0.4, -0.2) is 12.4 Å². The van der Waals surface area contributed by atoms with Gasteiger partial charge in [-0.1, -0.05) is 17.7 Å². The molecule has 0 radical (unpaired) electrons. The average Bonchev–Trinajstić information content (AvgIpc) is 2.25. The number of aliphatic imine (C=N–C) groups is 1. The number of hydrogen-bond acceptors (Lipinski definition) is 2. The van der Waals surface area contributed by atoms with Crippen molar-refractivity contribution in [1.29, 1.82) is 0 Å². The summed E-state index contributed by atoms with van der Waals surface area (Å²) in [6, 6.07) is 5.88. The molecule has 0 atom stereocenters. The predicted octanol–water partition coefficient (Wildman–Crippen LogP) is 3.64. The molecule has 1 N–H and O–H groups in total. The number of rotatable bonds is 1. The van der Waals surface area contributed by atoms with Crippen LogP contribution in [0.4, 0.5) is 5.69 Å². The van der Waals surface area contributed by atoms with Crippen LogP contribution in [0.1, 0.15) is 24.8 Å². The van der Waals surface area contributed by atoms with Gasteiger partial charge in [-0.15, -0.1) is 0 Å². The maximum Gasteiger partial charge on any atom is 0.101 e. The van der Waals surface area contributed by atoms with Crippen molar-refractivity contribution in [1.82, 2.24) is 0 Å². The van der Waals surface area contributed by atoms with Crippen molar-refractivity contribution < 1.29 is 0 Å². The average molecular weight is 223 g/mol. The molecule has 0 fully saturated rings. The number of anilines is 1. The number of hydrogen-bond donors (Lipinski definition) is 1. The summed E-state index contributed by atoms with van der Waals surface area (Å²) in [6.07, 6.45) is 3.48. The standard InChI is InChI=1S/C12H15ClN2/c1-9-5-6-10(13)8-11(9)15-12-4-2-3-7-14-12/h5-6,8H,2-4,7H2,1H3,(H,14,15). The second-order valence-electron chi connectivity index (χ2n) is 3.87. The van der Waals surface area contributed by atoms with Crippen molar-refractivity contribution in [2.45, 2.75) is 26.2 Å². The minimum Gasteiger partial charge on any atom is -0.344 e. The zero-order valence-electron chi connectivity index (χ0n) is 8.89. The SMILES string of the molecule is Cc1ccc(Cl)cc1NC1=NCCCC1. The van der Waals surface area contributed by atoms with Crippen molar-refractivity contribution in [2.24, 2.45) is 4.99 Å². The van der Waals surface area contributed by atoms with Crippen molar-refractivity contribution in [3.05, 3.63) is 28.8 Å². The Morgan fingerprint density at radius 3 is 2.93 bits per heavy atom. The van der Waals surface area contributed by atoms with Gasteiger partial charge in [-0.25, -0.2) is 0 Å². The van der Waals surface area contributed by atoms with Crippen LogP contribution in [0.25, 0.3) is 0 Å². The van der Waals surface area contributed by atoms with Gasteiger partial charge in [0.15, 0.2) is 0 Å². The Morgan fingerprint density at radius 1 is 1.33 bits per heavy atom. The van der Waals surface area contributed by atoms with Gasteiger partial charge < -0.3 is 5.32 Å². The Balaban J connectivity index is 2.15. The second kappa shape index (κ2) is 4.67. The first-order valence-corrected chi connectivity index (χ1v) is 5.70. The molecule has 3 heteroatoms. The van der Waals surface area contributed by atoms with Crippen molar-refractivity contribution >= 4 is 23.1 Å². The van der Waals surface area contributed by atoms with E-state index in [4.69, 9.17) is 11.6 Å². The lowest BCUT2D eigenvalue weighted by atomic mass is 10.1. The smallest absolute Gasteiger partial charge is 0.101 e. The highest BCUT2D eigenvalue weighted by Crippen LogP contribution is 2.21. The molecule has 1 aromatic carbocycles. The molecule has 0 saturated carbocycles. The summed E-state index contributed by atoms with van der Waals surface area (Å²) in [5, 5.41) is 4.12. The molecule has 2 rings (SSSR count). The Labute approximate surface area is 95.4 Å².